The molecular weight excluding hydrogens is 537 g/mol. The van der Waals surface area contributed by atoms with E-state index >= 15 is 0 Å². The van der Waals surface area contributed by atoms with E-state index in [-0.39, 0.29) is 36.2 Å². The first-order valence-electron chi connectivity index (χ1n) is 11.1. The first kappa shape index (κ1) is 23.7. The number of fused-ring (bicyclic) bond motifs is 2. The topological polar surface area (TPSA) is 82.6 Å². The molecule has 0 bridgehead atoms. The Balaban J connectivity index is 0.00000259. The van der Waals surface area contributed by atoms with Crippen molar-refractivity contribution in [2.24, 2.45) is 4.99 Å². The molecule has 9 heteroatoms. The van der Waals surface area contributed by atoms with E-state index in [4.69, 9.17) is 23.7 Å². The maximum Gasteiger partial charge on any atom is 0.231 e. The van der Waals surface area contributed by atoms with Crippen LogP contribution in [0.4, 0.5) is 5.69 Å². The first-order chi connectivity index (χ1) is 15.8. The lowest BCUT2D eigenvalue weighted by Gasteiger charge is -2.38. The van der Waals surface area contributed by atoms with Crippen LogP contribution < -0.4 is 29.6 Å². The molecule has 3 aliphatic heterocycles. The van der Waals surface area contributed by atoms with Gasteiger partial charge in [-0.25, -0.2) is 0 Å². The highest BCUT2D eigenvalue weighted by Gasteiger charge is 2.36. The Bertz CT molecular complexity index is 994. The normalized spacial score (nSPS) is 18.6. The first-order valence-corrected chi connectivity index (χ1v) is 11.1. The SMILES string of the molecule is CN=C(NCC1(c2ccc3c(c2)OCO3)CCOCC1)Nc1ccc2c(c1)OCCCO2.I. The molecule has 0 saturated carbocycles. The van der Waals surface area contributed by atoms with Crippen molar-refractivity contribution in [3.63, 3.8) is 0 Å². The van der Waals surface area contributed by atoms with Crippen LogP contribution in [-0.2, 0) is 10.2 Å². The number of hydrogen-bond donors (Lipinski definition) is 2. The predicted molar refractivity (Wildman–Crippen MR) is 137 cm³/mol. The number of hydrogen-bond acceptors (Lipinski definition) is 6. The molecule has 0 amide bonds. The summed E-state index contributed by atoms with van der Waals surface area (Å²) in [5.74, 6) is 3.84. The number of aliphatic imine (C=N–C) groups is 1. The molecule has 1 fully saturated rings. The molecular formula is C24H30IN3O5. The van der Waals surface area contributed by atoms with Gasteiger partial charge in [-0.2, -0.15) is 0 Å². The summed E-state index contributed by atoms with van der Waals surface area (Å²) in [6.45, 7) is 3.78. The molecule has 178 valence electrons. The van der Waals surface area contributed by atoms with E-state index in [1.54, 1.807) is 7.05 Å². The Kier molecular flexibility index (Phi) is 7.69. The fraction of sp³-hybridized carbons (Fsp3) is 0.458. The van der Waals surface area contributed by atoms with Crippen LogP contribution in [0.3, 0.4) is 0 Å². The highest BCUT2D eigenvalue weighted by Crippen LogP contribution is 2.40. The van der Waals surface area contributed by atoms with Crippen molar-refractivity contribution in [1.82, 2.24) is 5.32 Å². The smallest absolute Gasteiger partial charge is 0.231 e. The number of nitrogens with zero attached hydrogens (tertiary/aromatic N) is 1. The Morgan fingerprint density at radius 1 is 0.879 bits per heavy atom. The number of anilines is 1. The van der Waals surface area contributed by atoms with Crippen LogP contribution in [0.5, 0.6) is 23.0 Å². The van der Waals surface area contributed by atoms with Gasteiger partial charge in [0.25, 0.3) is 0 Å². The minimum atomic E-state index is -0.0818. The summed E-state index contributed by atoms with van der Waals surface area (Å²) in [5.41, 5.74) is 2.04. The van der Waals surface area contributed by atoms with Gasteiger partial charge in [-0.1, -0.05) is 6.07 Å². The summed E-state index contributed by atoms with van der Waals surface area (Å²) in [4.78, 5) is 4.43. The zero-order valence-corrected chi connectivity index (χ0v) is 21.1. The van der Waals surface area contributed by atoms with Crippen molar-refractivity contribution in [2.45, 2.75) is 24.7 Å². The second kappa shape index (κ2) is 10.7. The van der Waals surface area contributed by atoms with Crippen LogP contribution >= 0.6 is 24.0 Å². The lowest BCUT2D eigenvalue weighted by molar-refractivity contribution is 0.0514. The van der Waals surface area contributed by atoms with Crippen molar-refractivity contribution >= 4 is 35.6 Å². The van der Waals surface area contributed by atoms with E-state index in [0.29, 0.717) is 19.2 Å². The van der Waals surface area contributed by atoms with Crippen LogP contribution in [0.25, 0.3) is 0 Å². The third kappa shape index (κ3) is 5.24. The van der Waals surface area contributed by atoms with Gasteiger partial charge >= 0.3 is 0 Å². The van der Waals surface area contributed by atoms with Gasteiger partial charge in [-0.05, 0) is 42.7 Å². The van der Waals surface area contributed by atoms with Gasteiger partial charge in [0, 0.05) is 50.4 Å². The summed E-state index contributed by atoms with van der Waals surface area (Å²) in [5, 5.41) is 6.90. The number of halogens is 1. The van der Waals surface area contributed by atoms with E-state index in [2.05, 4.69) is 27.8 Å². The van der Waals surface area contributed by atoms with Gasteiger partial charge in [0.1, 0.15) is 0 Å². The molecule has 0 aliphatic carbocycles. The van der Waals surface area contributed by atoms with Crippen LogP contribution in [0.2, 0.25) is 0 Å². The van der Waals surface area contributed by atoms with Gasteiger partial charge in [0.05, 0.1) is 13.2 Å². The minimum Gasteiger partial charge on any atom is -0.490 e. The Labute approximate surface area is 211 Å². The molecule has 0 radical (unpaired) electrons. The Morgan fingerprint density at radius 3 is 2.39 bits per heavy atom. The molecule has 2 aromatic rings. The average molecular weight is 567 g/mol. The molecule has 2 aromatic carbocycles. The molecule has 0 unspecified atom stereocenters. The standard InChI is InChI=1S/C24H29N3O5.HI/c1-25-23(27-18-4-6-19-22(14-18)30-10-2-9-29-19)26-15-24(7-11-28-12-8-24)17-3-5-20-21(13-17)32-16-31-20;/h3-6,13-14H,2,7-12,15-16H2,1H3,(H2,25,26,27);1H. The van der Waals surface area contributed by atoms with Crippen LogP contribution in [0, 0.1) is 0 Å². The summed E-state index contributed by atoms with van der Waals surface area (Å²) < 4.78 is 28.3. The van der Waals surface area contributed by atoms with Crippen LogP contribution in [0.1, 0.15) is 24.8 Å². The lowest BCUT2D eigenvalue weighted by atomic mass is 9.74. The molecule has 8 nitrogen and oxygen atoms in total. The zero-order valence-electron chi connectivity index (χ0n) is 18.7. The lowest BCUT2D eigenvalue weighted by Crippen LogP contribution is -2.46. The molecule has 3 heterocycles. The van der Waals surface area contributed by atoms with Gasteiger partial charge in [-0.3, -0.25) is 4.99 Å². The zero-order chi connectivity index (χ0) is 21.8. The average Bonchev–Trinajstić information content (AvgIpc) is 3.19. The van der Waals surface area contributed by atoms with Crippen molar-refractivity contribution in [3.05, 3.63) is 42.0 Å². The largest absolute Gasteiger partial charge is 0.490 e. The molecule has 33 heavy (non-hydrogen) atoms. The second-order valence-corrected chi connectivity index (χ2v) is 8.22. The van der Waals surface area contributed by atoms with Gasteiger partial charge in [-0.15, -0.1) is 24.0 Å². The predicted octanol–water partition coefficient (Wildman–Crippen LogP) is 3.93. The maximum atomic E-state index is 5.81. The highest BCUT2D eigenvalue weighted by atomic mass is 127. The summed E-state index contributed by atoms with van der Waals surface area (Å²) >= 11 is 0. The van der Waals surface area contributed by atoms with Gasteiger partial charge in [0.2, 0.25) is 6.79 Å². The molecule has 2 N–H and O–H groups in total. The van der Waals surface area contributed by atoms with Crippen molar-refractivity contribution in [1.29, 1.82) is 0 Å². The highest BCUT2D eigenvalue weighted by molar-refractivity contribution is 14.0. The second-order valence-electron chi connectivity index (χ2n) is 8.22. The van der Waals surface area contributed by atoms with Gasteiger partial charge < -0.3 is 34.3 Å². The number of nitrogens with one attached hydrogen (secondary N) is 2. The third-order valence-corrected chi connectivity index (χ3v) is 6.26. The van der Waals surface area contributed by atoms with E-state index in [1.165, 1.54) is 5.56 Å². The summed E-state index contributed by atoms with van der Waals surface area (Å²) in [7, 11) is 1.77. The summed E-state index contributed by atoms with van der Waals surface area (Å²) in [6, 6.07) is 12.1. The van der Waals surface area contributed by atoms with Crippen LogP contribution in [0.15, 0.2) is 41.4 Å². The van der Waals surface area contributed by atoms with E-state index in [9.17, 15) is 0 Å². The number of benzene rings is 2. The molecule has 3 aliphatic rings. The quantitative estimate of drug-likeness (QED) is 0.329. The molecule has 5 rings (SSSR count). The maximum absolute atomic E-state index is 5.81. The fourth-order valence-corrected chi connectivity index (χ4v) is 4.37. The van der Waals surface area contributed by atoms with Crippen molar-refractivity contribution < 1.29 is 23.7 Å². The van der Waals surface area contributed by atoms with E-state index in [1.807, 2.05) is 24.3 Å². The van der Waals surface area contributed by atoms with Gasteiger partial charge in [0.15, 0.2) is 29.0 Å². The molecule has 0 atom stereocenters. The van der Waals surface area contributed by atoms with Crippen molar-refractivity contribution in [2.75, 3.05) is 52.1 Å². The number of ether oxygens (including phenoxy) is 5. The van der Waals surface area contributed by atoms with Crippen molar-refractivity contribution in [3.8, 4) is 23.0 Å². The number of guanidine groups is 1. The number of rotatable bonds is 4. The molecule has 0 spiro atoms. The molecule has 0 aromatic heterocycles. The third-order valence-electron chi connectivity index (χ3n) is 6.26. The fourth-order valence-electron chi connectivity index (χ4n) is 4.37. The van der Waals surface area contributed by atoms with E-state index in [0.717, 1.165) is 67.7 Å². The molecule has 1 saturated heterocycles. The van der Waals surface area contributed by atoms with Crippen LogP contribution in [-0.4, -0.2) is 52.8 Å². The van der Waals surface area contributed by atoms with E-state index < -0.39 is 0 Å². The monoisotopic (exact) mass is 567 g/mol. The Morgan fingerprint density at radius 2 is 1.58 bits per heavy atom. The summed E-state index contributed by atoms with van der Waals surface area (Å²) in [6.07, 6.45) is 2.72. The Hall–Kier alpha value is -2.40. The minimum absolute atomic E-state index is 0.